The highest BCUT2D eigenvalue weighted by Crippen LogP contribution is 2.37. The van der Waals surface area contributed by atoms with Gasteiger partial charge in [0.05, 0.1) is 6.20 Å². The second kappa shape index (κ2) is 6.44. The summed E-state index contributed by atoms with van der Waals surface area (Å²) < 4.78 is 7.29. The van der Waals surface area contributed by atoms with E-state index in [-0.39, 0.29) is 18.0 Å². The Hall–Kier alpha value is -2.48. The van der Waals surface area contributed by atoms with Crippen LogP contribution in [0.2, 0.25) is 0 Å². The Bertz CT molecular complexity index is 757. The van der Waals surface area contributed by atoms with Gasteiger partial charge < -0.3 is 14.5 Å². The molecule has 132 valence electrons. The summed E-state index contributed by atoms with van der Waals surface area (Å²) in [7, 11) is 1.80. The molecule has 1 amide bonds. The minimum Gasteiger partial charge on any atom is -0.381 e. The lowest BCUT2D eigenvalue weighted by molar-refractivity contribution is -0.120. The smallest absolute Gasteiger partial charge is 0.249 e. The Morgan fingerprint density at radius 2 is 2.12 bits per heavy atom. The Balaban J connectivity index is 1.82. The van der Waals surface area contributed by atoms with E-state index in [1.165, 1.54) is 0 Å². The average Bonchev–Trinajstić information content (AvgIpc) is 3.19. The third kappa shape index (κ3) is 2.66. The van der Waals surface area contributed by atoms with E-state index in [1.54, 1.807) is 35.2 Å². The summed E-state index contributed by atoms with van der Waals surface area (Å²) in [5.41, 5.74) is 0.755. The topological polar surface area (TPSA) is 76.4 Å². The molecule has 2 aliphatic rings. The molecule has 4 heterocycles. The maximum Gasteiger partial charge on any atom is 0.249 e. The van der Waals surface area contributed by atoms with E-state index in [0.29, 0.717) is 5.95 Å². The quantitative estimate of drug-likeness (QED) is 0.839. The van der Waals surface area contributed by atoms with Crippen molar-refractivity contribution < 1.29 is 9.53 Å². The molecule has 1 saturated heterocycles. The van der Waals surface area contributed by atoms with Gasteiger partial charge >= 0.3 is 0 Å². The zero-order valence-electron chi connectivity index (χ0n) is 14.5. The second-order valence-corrected chi connectivity index (χ2v) is 6.42. The van der Waals surface area contributed by atoms with Crippen LogP contribution in [0.3, 0.4) is 0 Å². The number of rotatable bonds is 3. The van der Waals surface area contributed by atoms with Crippen LogP contribution in [-0.4, -0.2) is 57.8 Å². The monoisotopic (exact) mass is 342 g/mol. The Kier molecular flexibility index (Phi) is 4.12. The lowest BCUT2D eigenvalue weighted by Gasteiger charge is -2.45. The van der Waals surface area contributed by atoms with Crippen molar-refractivity contribution in [1.82, 2.24) is 19.5 Å². The number of nitrogens with zero attached hydrogens (tertiary/aromatic N) is 6. The second-order valence-electron chi connectivity index (χ2n) is 6.42. The van der Waals surface area contributed by atoms with Crippen LogP contribution in [0.25, 0.3) is 5.95 Å². The van der Waals surface area contributed by atoms with Crippen LogP contribution in [0.5, 0.6) is 0 Å². The number of aromatic nitrogens is 4. The largest absolute Gasteiger partial charge is 0.381 e. The molecule has 0 aliphatic carbocycles. The molecule has 1 atom stereocenters. The molecule has 0 unspecified atom stereocenters. The van der Waals surface area contributed by atoms with Crippen molar-refractivity contribution in [3.8, 4) is 5.95 Å². The van der Waals surface area contributed by atoms with E-state index < -0.39 is 0 Å². The number of amides is 1. The summed E-state index contributed by atoms with van der Waals surface area (Å²) in [4.78, 5) is 30.0. The molecule has 2 aliphatic heterocycles. The first kappa shape index (κ1) is 16.0. The molecule has 4 rings (SSSR count). The van der Waals surface area contributed by atoms with E-state index >= 15 is 0 Å². The van der Waals surface area contributed by atoms with Crippen LogP contribution in [0.4, 0.5) is 11.5 Å². The van der Waals surface area contributed by atoms with Crippen LogP contribution < -0.4 is 9.80 Å². The zero-order valence-corrected chi connectivity index (χ0v) is 14.5. The molecule has 0 aromatic carbocycles. The molecule has 0 N–H and O–H groups in total. The summed E-state index contributed by atoms with van der Waals surface area (Å²) in [6.07, 6.45) is 9.46. The van der Waals surface area contributed by atoms with Gasteiger partial charge in [0.15, 0.2) is 5.82 Å². The highest BCUT2D eigenvalue weighted by atomic mass is 16.5. The number of imidazole rings is 1. The lowest BCUT2D eigenvalue weighted by Crippen LogP contribution is -2.57. The van der Waals surface area contributed by atoms with Crippen LogP contribution >= 0.6 is 0 Å². The van der Waals surface area contributed by atoms with Crippen molar-refractivity contribution in [2.75, 3.05) is 30.1 Å². The minimum absolute atomic E-state index is 0.0977. The van der Waals surface area contributed by atoms with E-state index in [4.69, 9.17) is 9.72 Å². The number of anilines is 2. The van der Waals surface area contributed by atoms with E-state index in [1.807, 2.05) is 13.1 Å². The molecule has 1 fully saturated rings. The molecule has 2 aromatic heterocycles. The number of ether oxygens (including phenoxy) is 1. The van der Waals surface area contributed by atoms with Gasteiger partial charge in [-0.05, 0) is 19.3 Å². The maximum atomic E-state index is 12.9. The van der Waals surface area contributed by atoms with Crippen LogP contribution in [-0.2, 0) is 9.53 Å². The number of likely N-dealkylation sites (N-methyl/N-ethyl adjacent to an activating group) is 1. The molecule has 0 saturated carbocycles. The predicted molar refractivity (Wildman–Crippen MR) is 93.0 cm³/mol. The number of hydrogen-bond acceptors (Lipinski definition) is 6. The van der Waals surface area contributed by atoms with Crippen molar-refractivity contribution in [3.05, 3.63) is 24.9 Å². The molecule has 0 spiro atoms. The van der Waals surface area contributed by atoms with Crippen molar-refractivity contribution in [2.45, 2.75) is 38.3 Å². The summed E-state index contributed by atoms with van der Waals surface area (Å²) in [6, 6.07) is 0.0479. The average molecular weight is 342 g/mol. The van der Waals surface area contributed by atoms with Gasteiger partial charge in [-0.3, -0.25) is 9.36 Å². The third-order valence-corrected chi connectivity index (χ3v) is 5.00. The van der Waals surface area contributed by atoms with E-state index in [0.717, 1.165) is 44.0 Å². The first-order valence-electron chi connectivity index (χ1n) is 8.69. The fourth-order valence-corrected chi connectivity index (χ4v) is 3.66. The van der Waals surface area contributed by atoms with Crippen molar-refractivity contribution in [3.63, 3.8) is 0 Å². The van der Waals surface area contributed by atoms with Gasteiger partial charge in [-0.15, -0.1) is 0 Å². The molecule has 8 nitrogen and oxygen atoms in total. The van der Waals surface area contributed by atoms with Crippen LogP contribution in [0.1, 0.15) is 26.2 Å². The molecule has 2 aromatic rings. The number of carbonyl (C=O) groups excluding carboxylic acids is 1. The normalized spacial score (nSPS) is 21.5. The van der Waals surface area contributed by atoms with Gasteiger partial charge in [-0.25, -0.2) is 9.97 Å². The Morgan fingerprint density at radius 1 is 1.32 bits per heavy atom. The van der Waals surface area contributed by atoms with Gasteiger partial charge in [0.2, 0.25) is 11.9 Å². The van der Waals surface area contributed by atoms with Gasteiger partial charge in [0, 0.05) is 38.7 Å². The summed E-state index contributed by atoms with van der Waals surface area (Å²) in [5.74, 6) is 1.48. The van der Waals surface area contributed by atoms with Crippen molar-refractivity contribution >= 4 is 17.4 Å². The fraction of sp³-hybridized carbons (Fsp3) is 0.529. The Labute approximate surface area is 146 Å². The first-order valence-corrected chi connectivity index (χ1v) is 8.69. The Morgan fingerprint density at radius 3 is 2.80 bits per heavy atom. The maximum absolute atomic E-state index is 12.9. The molecular formula is C17H22N6O2. The van der Waals surface area contributed by atoms with Gasteiger partial charge in [0.1, 0.15) is 18.1 Å². The van der Waals surface area contributed by atoms with Crippen LogP contribution in [0, 0.1) is 0 Å². The fourth-order valence-electron chi connectivity index (χ4n) is 3.66. The molecule has 0 bridgehead atoms. The minimum atomic E-state index is -0.203. The molecular weight excluding hydrogens is 320 g/mol. The molecule has 25 heavy (non-hydrogen) atoms. The van der Waals surface area contributed by atoms with Crippen LogP contribution in [0.15, 0.2) is 24.9 Å². The van der Waals surface area contributed by atoms with Gasteiger partial charge in [0.25, 0.3) is 0 Å². The van der Waals surface area contributed by atoms with Crippen molar-refractivity contribution in [1.29, 1.82) is 0 Å². The SMILES string of the molecule is CC[C@@H]1C(=O)N(C)c2cnc(-n3ccnc3)nc2N1C1CCOCC1. The molecule has 0 radical (unpaired) electrons. The molecule has 8 heteroatoms. The highest BCUT2D eigenvalue weighted by molar-refractivity contribution is 6.04. The summed E-state index contributed by atoms with van der Waals surface area (Å²) >= 11 is 0. The summed E-state index contributed by atoms with van der Waals surface area (Å²) in [6.45, 7) is 3.48. The summed E-state index contributed by atoms with van der Waals surface area (Å²) in [5, 5.41) is 0. The van der Waals surface area contributed by atoms with E-state index in [2.05, 4.69) is 14.9 Å². The number of fused-ring (bicyclic) bond motifs is 1. The lowest BCUT2D eigenvalue weighted by atomic mass is 9.99. The van der Waals surface area contributed by atoms with E-state index in [9.17, 15) is 4.79 Å². The predicted octanol–water partition coefficient (Wildman–Crippen LogP) is 1.40. The van der Waals surface area contributed by atoms with Crippen molar-refractivity contribution in [2.24, 2.45) is 0 Å². The highest BCUT2D eigenvalue weighted by Gasteiger charge is 2.40. The first-order chi connectivity index (χ1) is 12.2. The zero-order chi connectivity index (χ0) is 17.4. The third-order valence-electron chi connectivity index (χ3n) is 5.00. The number of hydrogen-bond donors (Lipinski definition) is 0. The standard InChI is InChI=1S/C17H22N6O2/c1-3-13-16(24)21(2)14-10-19-17(22-7-6-18-11-22)20-15(14)23(13)12-4-8-25-9-5-12/h6-7,10-13H,3-5,8-9H2,1-2H3/t13-/m1/s1. The van der Waals surface area contributed by atoms with Gasteiger partial charge in [-0.2, -0.15) is 4.98 Å². The number of carbonyl (C=O) groups is 1. The van der Waals surface area contributed by atoms with Gasteiger partial charge in [-0.1, -0.05) is 6.92 Å².